The molecule has 0 aliphatic heterocycles. The fourth-order valence-electron chi connectivity index (χ4n) is 1.43. The molecule has 0 aliphatic rings. The van der Waals surface area contributed by atoms with Gasteiger partial charge in [0.25, 0.3) is 5.69 Å². The van der Waals surface area contributed by atoms with E-state index in [0.29, 0.717) is 22.2 Å². The van der Waals surface area contributed by atoms with E-state index in [4.69, 9.17) is 0 Å². The van der Waals surface area contributed by atoms with Crippen molar-refractivity contribution < 1.29 is 18.1 Å². The maximum atomic E-state index is 11.9. The molecule has 1 N–H and O–H groups in total. The number of nitrogens with zero attached hydrogens (tertiary/aromatic N) is 1. The van der Waals surface area contributed by atoms with Gasteiger partial charge < -0.3 is 5.32 Å². The van der Waals surface area contributed by atoms with Crippen molar-refractivity contribution in [2.75, 3.05) is 11.9 Å². The Bertz CT molecular complexity index is 452. The molecule has 0 heterocycles. The third-order valence-electron chi connectivity index (χ3n) is 2.37. The number of unbranched alkanes of at least 4 members (excludes halogenated alkanes) is 1. The van der Waals surface area contributed by atoms with Crippen LogP contribution in [-0.2, 0) is 0 Å². The third kappa shape index (κ3) is 6.08. The second-order valence-corrected chi connectivity index (χ2v) is 5.08. The first-order valence-electron chi connectivity index (χ1n) is 5.54. The van der Waals surface area contributed by atoms with Gasteiger partial charge in [-0.15, -0.1) is 0 Å². The molecule has 0 aromatic heterocycles. The summed E-state index contributed by atoms with van der Waals surface area (Å²) in [6.07, 6.45) is -4.43. The van der Waals surface area contributed by atoms with Crippen LogP contribution in [0.1, 0.15) is 19.3 Å². The van der Waals surface area contributed by atoms with Crippen molar-refractivity contribution in [2.24, 2.45) is 0 Å². The van der Waals surface area contributed by atoms with Crippen LogP contribution in [0.3, 0.4) is 0 Å². The van der Waals surface area contributed by atoms with Gasteiger partial charge in [-0.1, -0.05) is 0 Å². The van der Waals surface area contributed by atoms with Crippen molar-refractivity contribution >= 4 is 34.0 Å². The zero-order chi connectivity index (χ0) is 14.5. The molecule has 1 rings (SSSR count). The highest BCUT2D eigenvalue weighted by Crippen LogP contribution is 2.24. The molecule has 0 unspecified atom stereocenters. The number of nitro groups is 1. The van der Waals surface area contributed by atoms with Crippen LogP contribution in [0.25, 0.3) is 0 Å². The molecule has 0 aliphatic carbocycles. The van der Waals surface area contributed by atoms with Crippen molar-refractivity contribution in [3.8, 4) is 0 Å². The summed E-state index contributed by atoms with van der Waals surface area (Å²) in [5.74, 6) is 0. The minimum absolute atomic E-state index is 0.00739. The van der Waals surface area contributed by atoms with Crippen molar-refractivity contribution in [3.05, 3.63) is 31.9 Å². The monoisotopic (exact) mass is 388 g/mol. The second-order valence-electron chi connectivity index (χ2n) is 3.92. The number of rotatable bonds is 6. The van der Waals surface area contributed by atoms with Gasteiger partial charge in [0.05, 0.1) is 4.92 Å². The summed E-state index contributed by atoms with van der Waals surface area (Å²) in [6.45, 7) is 0.407. The van der Waals surface area contributed by atoms with Gasteiger partial charge in [-0.2, -0.15) is 13.2 Å². The Hall–Kier alpha value is -1.06. The quantitative estimate of drug-likeness (QED) is 0.341. The average molecular weight is 388 g/mol. The van der Waals surface area contributed by atoms with Crippen molar-refractivity contribution in [1.82, 2.24) is 0 Å². The molecule has 0 saturated carbocycles. The molecule has 8 heteroatoms. The van der Waals surface area contributed by atoms with Gasteiger partial charge >= 0.3 is 6.18 Å². The van der Waals surface area contributed by atoms with E-state index in [2.05, 4.69) is 5.32 Å². The van der Waals surface area contributed by atoms with Gasteiger partial charge in [-0.25, -0.2) is 0 Å². The average Bonchev–Trinajstić information content (AvgIpc) is 2.28. The van der Waals surface area contributed by atoms with Gasteiger partial charge in [0.15, 0.2) is 0 Å². The highest BCUT2D eigenvalue weighted by molar-refractivity contribution is 14.1. The van der Waals surface area contributed by atoms with Crippen LogP contribution in [-0.4, -0.2) is 17.6 Å². The van der Waals surface area contributed by atoms with Gasteiger partial charge in [0, 0.05) is 34.4 Å². The molecule has 1 aromatic carbocycles. The lowest BCUT2D eigenvalue weighted by molar-refractivity contribution is -0.384. The van der Waals surface area contributed by atoms with E-state index < -0.39 is 17.5 Å². The van der Waals surface area contributed by atoms with Crippen LogP contribution >= 0.6 is 22.6 Å². The number of nitro benzene ring substituents is 1. The lowest BCUT2D eigenvalue weighted by atomic mass is 10.2. The smallest absolute Gasteiger partial charge is 0.384 e. The van der Waals surface area contributed by atoms with E-state index in [-0.39, 0.29) is 12.1 Å². The topological polar surface area (TPSA) is 55.2 Å². The van der Waals surface area contributed by atoms with Crippen molar-refractivity contribution in [2.45, 2.75) is 25.4 Å². The van der Waals surface area contributed by atoms with Crippen LogP contribution in [0.5, 0.6) is 0 Å². The predicted octanol–water partition coefficient (Wildman–Crippen LogP) is 4.34. The summed E-state index contributed by atoms with van der Waals surface area (Å²) in [5, 5.41) is 13.5. The Morgan fingerprint density at radius 1 is 1.32 bits per heavy atom. The SMILES string of the molecule is O=[N+]([O-])c1ccc(NCCCCC(F)(F)F)c(I)c1. The van der Waals surface area contributed by atoms with Crippen molar-refractivity contribution in [3.63, 3.8) is 0 Å². The van der Waals surface area contributed by atoms with Crippen LogP contribution in [0, 0.1) is 13.7 Å². The third-order valence-corrected chi connectivity index (χ3v) is 3.26. The highest BCUT2D eigenvalue weighted by Gasteiger charge is 2.25. The molecular formula is C11H12F3IN2O2. The number of hydrogen-bond donors (Lipinski definition) is 1. The molecule has 106 valence electrons. The number of benzene rings is 1. The normalized spacial score (nSPS) is 11.4. The first kappa shape index (κ1) is 16.0. The molecule has 0 bridgehead atoms. The molecule has 0 saturated heterocycles. The molecule has 1 aromatic rings. The highest BCUT2D eigenvalue weighted by atomic mass is 127. The second kappa shape index (κ2) is 6.92. The number of anilines is 1. The number of alkyl halides is 3. The summed E-state index contributed by atoms with van der Waals surface area (Å²) in [6, 6.07) is 4.34. The first-order valence-corrected chi connectivity index (χ1v) is 6.62. The van der Waals surface area contributed by atoms with E-state index in [1.54, 1.807) is 6.07 Å². The van der Waals surface area contributed by atoms with E-state index in [1.165, 1.54) is 12.1 Å². The maximum Gasteiger partial charge on any atom is 0.389 e. The molecule has 4 nitrogen and oxygen atoms in total. The number of non-ortho nitro benzene ring substituents is 1. The minimum atomic E-state index is -4.11. The first-order chi connectivity index (χ1) is 8.79. The Morgan fingerprint density at radius 2 is 2.00 bits per heavy atom. The predicted molar refractivity (Wildman–Crippen MR) is 74.2 cm³/mol. The number of hydrogen-bond acceptors (Lipinski definition) is 3. The summed E-state index contributed by atoms with van der Waals surface area (Å²) in [7, 11) is 0. The summed E-state index contributed by atoms with van der Waals surface area (Å²) in [4.78, 5) is 10.0. The molecule has 0 atom stereocenters. The van der Waals surface area contributed by atoms with E-state index >= 15 is 0 Å². The maximum absolute atomic E-state index is 11.9. The lowest BCUT2D eigenvalue weighted by Gasteiger charge is -2.09. The van der Waals surface area contributed by atoms with E-state index in [9.17, 15) is 23.3 Å². The van der Waals surface area contributed by atoms with Gasteiger partial charge in [-0.05, 0) is 41.5 Å². The van der Waals surface area contributed by atoms with Gasteiger partial charge in [-0.3, -0.25) is 10.1 Å². The lowest BCUT2D eigenvalue weighted by Crippen LogP contribution is -2.09. The Labute approximate surface area is 121 Å². The van der Waals surface area contributed by atoms with Gasteiger partial charge in [0.2, 0.25) is 0 Å². The Balaban J connectivity index is 2.40. The Morgan fingerprint density at radius 3 is 2.53 bits per heavy atom. The zero-order valence-corrected chi connectivity index (χ0v) is 12.0. The van der Waals surface area contributed by atoms with Crippen molar-refractivity contribution in [1.29, 1.82) is 0 Å². The molecule has 0 spiro atoms. The molecule has 19 heavy (non-hydrogen) atoms. The molecule has 0 radical (unpaired) electrons. The standard InChI is InChI=1S/C11H12F3IN2O2/c12-11(13,14)5-1-2-6-16-10-4-3-8(17(18)19)7-9(10)15/h3-4,7,16H,1-2,5-6H2. The number of nitrogens with one attached hydrogen (secondary N) is 1. The van der Waals surface area contributed by atoms with Crippen LogP contribution in [0.2, 0.25) is 0 Å². The molecular weight excluding hydrogens is 376 g/mol. The summed E-state index contributed by atoms with van der Waals surface area (Å²) in [5.41, 5.74) is 0.685. The van der Waals surface area contributed by atoms with Crippen LogP contribution < -0.4 is 5.32 Å². The fraction of sp³-hybridized carbons (Fsp3) is 0.455. The largest absolute Gasteiger partial charge is 0.389 e. The summed E-state index contributed by atoms with van der Waals surface area (Å²) >= 11 is 1.95. The van der Waals surface area contributed by atoms with E-state index in [1.807, 2.05) is 22.6 Å². The minimum Gasteiger partial charge on any atom is -0.384 e. The van der Waals surface area contributed by atoms with Gasteiger partial charge in [0.1, 0.15) is 0 Å². The van der Waals surface area contributed by atoms with Crippen LogP contribution in [0.4, 0.5) is 24.5 Å². The van der Waals surface area contributed by atoms with E-state index in [0.717, 1.165) is 0 Å². The zero-order valence-electron chi connectivity index (χ0n) is 9.84. The van der Waals surface area contributed by atoms with Crippen LogP contribution in [0.15, 0.2) is 18.2 Å². The fourth-order valence-corrected chi connectivity index (χ4v) is 2.12. The number of halogens is 4. The molecule has 0 amide bonds. The molecule has 0 fully saturated rings. The Kier molecular flexibility index (Phi) is 5.83. The summed E-state index contributed by atoms with van der Waals surface area (Å²) < 4.78 is 36.4.